The summed E-state index contributed by atoms with van der Waals surface area (Å²) in [5.74, 6) is 0.614. The number of rotatable bonds is 6. The Kier molecular flexibility index (Phi) is 8.80. The maximum atomic E-state index is 12.5. The molecule has 1 fully saturated rings. The fraction of sp³-hybridized carbons (Fsp3) is 0.562. The smallest absolute Gasteiger partial charge is 0.191 e. The molecule has 2 N–H and O–H groups in total. The quantitative estimate of drug-likeness (QED) is 0.336. The fourth-order valence-corrected chi connectivity index (χ4v) is 6.00. The van der Waals surface area contributed by atoms with Gasteiger partial charge >= 0.3 is 0 Å². The van der Waals surface area contributed by atoms with E-state index in [4.69, 9.17) is 0 Å². The number of nitrogens with zero attached hydrogens (tertiary/aromatic N) is 1. The number of aliphatic imine (C=N–C) groups is 1. The molecule has 0 aliphatic carbocycles. The molecule has 7 nitrogen and oxygen atoms in total. The average molecular weight is 515 g/mol. The van der Waals surface area contributed by atoms with Gasteiger partial charge in [-0.05, 0) is 25.0 Å². The lowest BCUT2D eigenvalue weighted by atomic mass is 10.2. The molecule has 0 bridgehead atoms. The summed E-state index contributed by atoms with van der Waals surface area (Å²) in [6.45, 7) is 1.89. The van der Waals surface area contributed by atoms with Crippen LogP contribution in [0.1, 0.15) is 19.8 Å². The van der Waals surface area contributed by atoms with Crippen LogP contribution in [0.25, 0.3) is 0 Å². The summed E-state index contributed by atoms with van der Waals surface area (Å²) in [6.07, 6.45) is 1.12. The van der Waals surface area contributed by atoms with Crippen molar-refractivity contribution in [3.8, 4) is 0 Å². The van der Waals surface area contributed by atoms with E-state index in [0.29, 0.717) is 23.7 Å². The number of guanidine groups is 1. The molecule has 148 valence electrons. The third-order valence-corrected chi connectivity index (χ3v) is 7.75. The number of hydrogen-bond acceptors (Lipinski definition) is 5. The molecule has 1 aliphatic rings. The molecule has 1 aromatic rings. The lowest BCUT2D eigenvalue weighted by Crippen LogP contribution is -2.49. The zero-order valence-corrected chi connectivity index (χ0v) is 18.8. The van der Waals surface area contributed by atoms with E-state index in [1.54, 1.807) is 37.4 Å². The van der Waals surface area contributed by atoms with Crippen LogP contribution in [0.5, 0.6) is 0 Å². The molecule has 0 amide bonds. The van der Waals surface area contributed by atoms with Crippen LogP contribution in [0.3, 0.4) is 0 Å². The molecule has 1 aromatic carbocycles. The van der Waals surface area contributed by atoms with Gasteiger partial charge in [0.05, 0.1) is 22.2 Å². The molecule has 2 unspecified atom stereocenters. The Balaban J connectivity index is 0.00000338. The highest BCUT2D eigenvalue weighted by atomic mass is 127. The van der Waals surface area contributed by atoms with Gasteiger partial charge in [0.2, 0.25) is 0 Å². The highest BCUT2D eigenvalue weighted by Crippen LogP contribution is 2.13. The van der Waals surface area contributed by atoms with E-state index in [1.165, 1.54) is 0 Å². The third kappa shape index (κ3) is 6.69. The first-order valence-electron chi connectivity index (χ1n) is 8.24. The zero-order chi connectivity index (χ0) is 18.5. The highest BCUT2D eigenvalue weighted by molar-refractivity contribution is 14.0. The van der Waals surface area contributed by atoms with Crippen molar-refractivity contribution in [3.05, 3.63) is 30.3 Å². The van der Waals surface area contributed by atoms with Crippen molar-refractivity contribution >= 4 is 49.6 Å². The van der Waals surface area contributed by atoms with E-state index in [2.05, 4.69) is 15.6 Å². The Labute approximate surface area is 172 Å². The first-order valence-corrected chi connectivity index (χ1v) is 11.7. The monoisotopic (exact) mass is 515 g/mol. The van der Waals surface area contributed by atoms with Gasteiger partial charge in [0, 0.05) is 19.1 Å². The van der Waals surface area contributed by atoms with Gasteiger partial charge in [-0.2, -0.15) is 0 Å². The van der Waals surface area contributed by atoms with Gasteiger partial charge in [-0.1, -0.05) is 25.1 Å². The lowest BCUT2D eigenvalue weighted by Gasteiger charge is -2.22. The molecule has 2 rings (SSSR count). The summed E-state index contributed by atoms with van der Waals surface area (Å²) < 4.78 is 48.2. The molecule has 10 heteroatoms. The van der Waals surface area contributed by atoms with Crippen molar-refractivity contribution < 1.29 is 16.8 Å². The van der Waals surface area contributed by atoms with E-state index in [1.807, 2.05) is 6.92 Å². The second-order valence-corrected chi connectivity index (χ2v) is 10.4. The molecular formula is C16H26IN3O4S2. The molecule has 1 aliphatic heterocycles. The standard InChI is InChI=1S/C16H25N3O4S2.HI/c1-3-13(12-25(22,23)15-7-5-4-6-8-15)18-16(17-2)19-14-9-10-24(20,21)11-14;/h4-8,13-14H,3,9-12H2,1-2H3,(H2,17,18,19);1H. The molecule has 0 saturated carbocycles. The minimum atomic E-state index is -3.41. The van der Waals surface area contributed by atoms with Crippen LogP contribution in [0.15, 0.2) is 40.2 Å². The summed E-state index contributed by atoms with van der Waals surface area (Å²) in [5.41, 5.74) is 0. The summed E-state index contributed by atoms with van der Waals surface area (Å²) in [7, 11) is -4.82. The maximum Gasteiger partial charge on any atom is 0.191 e. The Hall–Kier alpha value is -0.880. The van der Waals surface area contributed by atoms with Gasteiger partial charge in [-0.15, -0.1) is 24.0 Å². The predicted octanol–water partition coefficient (Wildman–Crippen LogP) is 1.21. The van der Waals surface area contributed by atoms with Crippen LogP contribution in [-0.4, -0.2) is 59.2 Å². The van der Waals surface area contributed by atoms with E-state index >= 15 is 0 Å². The number of halogens is 1. The number of nitrogens with one attached hydrogen (secondary N) is 2. The summed E-state index contributed by atoms with van der Waals surface area (Å²) in [5, 5.41) is 6.17. The minimum Gasteiger partial charge on any atom is -0.353 e. The van der Waals surface area contributed by atoms with Gasteiger partial charge in [0.25, 0.3) is 0 Å². The third-order valence-electron chi connectivity index (χ3n) is 4.15. The van der Waals surface area contributed by atoms with Crippen LogP contribution >= 0.6 is 24.0 Å². The van der Waals surface area contributed by atoms with E-state index in [9.17, 15) is 16.8 Å². The lowest BCUT2D eigenvalue weighted by molar-refractivity contribution is 0.563. The average Bonchev–Trinajstić information content (AvgIpc) is 2.92. The van der Waals surface area contributed by atoms with Crippen LogP contribution in [-0.2, 0) is 19.7 Å². The van der Waals surface area contributed by atoms with E-state index < -0.39 is 19.7 Å². The maximum absolute atomic E-state index is 12.5. The van der Waals surface area contributed by atoms with Crippen LogP contribution in [0.2, 0.25) is 0 Å². The van der Waals surface area contributed by atoms with Crippen molar-refractivity contribution in [1.29, 1.82) is 0 Å². The number of benzene rings is 1. The molecule has 0 radical (unpaired) electrons. The summed E-state index contributed by atoms with van der Waals surface area (Å²) in [4.78, 5) is 4.39. The van der Waals surface area contributed by atoms with Gasteiger partial charge in [-0.25, -0.2) is 16.8 Å². The van der Waals surface area contributed by atoms with E-state index in [-0.39, 0.29) is 53.3 Å². The topological polar surface area (TPSA) is 105 Å². The predicted molar refractivity (Wildman–Crippen MR) is 115 cm³/mol. The molecule has 26 heavy (non-hydrogen) atoms. The van der Waals surface area contributed by atoms with Gasteiger partial charge < -0.3 is 10.6 Å². The Morgan fingerprint density at radius 1 is 1.31 bits per heavy atom. The van der Waals surface area contributed by atoms with Gasteiger partial charge in [0.15, 0.2) is 25.6 Å². The zero-order valence-electron chi connectivity index (χ0n) is 14.9. The second-order valence-electron chi connectivity index (χ2n) is 6.16. The molecule has 0 aromatic heterocycles. The number of sulfone groups is 2. The van der Waals surface area contributed by atoms with Gasteiger partial charge in [-0.3, -0.25) is 4.99 Å². The Morgan fingerprint density at radius 2 is 1.96 bits per heavy atom. The Morgan fingerprint density at radius 3 is 2.46 bits per heavy atom. The Bertz CT molecular complexity index is 811. The fourth-order valence-electron chi connectivity index (χ4n) is 2.72. The molecule has 1 heterocycles. The SMILES string of the molecule is CCC(CS(=O)(=O)c1ccccc1)NC(=NC)NC1CCS(=O)(=O)C1.I. The molecular weight excluding hydrogens is 489 g/mol. The minimum absolute atomic E-state index is 0. The summed E-state index contributed by atoms with van der Waals surface area (Å²) >= 11 is 0. The number of hydrogen-bond donors (Lipinski definition) is 2. The molecule has 1 saturated heterocycles. The molecule has 2 atom stereocenters. The van der Waals surface area contributed by atoms with Crippen molar-refractivity contribution in [2.45, 2.75) is 36.7 Å². The van der Waals surface area contributed by atoms with Crippen LogP contribution < -0.4 is 10.6 Å². The first-order chi connectivity index (χ1) is 11.8. The van der Waals surface area contributed by atoms with E-state index in [0.717, 1.165) is 0 Å². The summed E-state index contributed by atoms with van der Waals surface area (Å²) in [6, 6.07) is 7.81. The van der Waals surface area contributed by atoms with Crippen molar-refractivity contribution in [2.24, 2.45) is 4.99 Å². The first kappa shape index (κ1) is 23.2. The van der Waals surface area contributed by atoms with Crippen LogP contribution in [0.4, 0.5) is 0 Å². The van der Waals surface area contributed by atoms with Gasteiger partial charge in [0.1, 0.15) is 0 Å². The van der Waals surface area contributed by atoms with Crippen molar-refractivity contribution in [1.82, 2.24) is 10.6 Å². The largest absolute Gasteiger partial charge is 0.353 e. The normalized spacial score (nSPS) is 20.8. The highest BCUT2D eigenvalue weighted by Gasteiger charge is 2.29. The van der Waals surface area contributed by atoms with Crippen molar-refractivity contribution in [3.63, 3.8) is 0 Å². The van der Waals surface area contributed by atoms with Crippen LogP contribution in [0, 0.1) is 0 Å². The second kappa shape index (κ2) is 9.88. The molecule has 0 spiro atoms. The van der Waals surface area contributed by atoms with Crippen molar-refractivity contribution in [2.75, 3.05) is 24.3 Å².